The molecule has 0 aliphatic carbocycles. The minimum atomic E-state index is -3.08. The molecular formula is C5H6BrCl2OP. The van der Waals surface area contributed by atoms with Crippen LogP contribution in [0, 0.1) is 0 Å². The maximum Gasteiger partial charge on any atom is 0.275 e. The first kappa shape index (κ1) is 10.8. The predicted molar refractivity (Wildman–Crippen MR) is 51.1 cm³/mol. The fourth-order valence-corrected chi connectivity index (χ4v) is 2.07. The van der Waals surface area contributed by atoms with Gasteiger partial charge in [0.2, 0.25) is 0 Å². The Balaban J connectivity index is 4.48. The molecule has 0 aliphatic rings. The molecule has 0 amide bonds. The molecule has 5 heteroatoms. The van der Waals surface area contributed by atoms with Crippen molar-refractivity contribution in [2.45, 2.75) is 6.92 Å². The zero-order valence-electron chi connectivity index (χ0n) is 5.27. The lowest BCUT2D eigenvalue weighted by Crippen LogP contribution is -1.69. The van der Waals surface area contributed by atoms with Crippen molar-refractivity contribution in [3.8, 4) is 0 Å². The van der Waals surface area contributed by atoms with Crippen LogP contribution in [0.4, 0.5) is 0 Å². The Morgan fingerprint density at radius 2 is 2.10 bits per heavy atom. The maximum absolute atomic E-state index is 10.7. The van der Waals surface area contributed by atoms with E-state index in [1.807, 2.05) is 0 Å². The molecule has 0 fully saturated rings. The molecule has 0 unspecified atom stereocenters. The number of hydrogen-bond donors (Lipinski definition) is 0. The molecule has 0 aromatic rings. The van der Waals surface area contributed by atoms with Crippen molar-refractivity contribution in [3.63, 3.8) is 0 Å². The Kier molecular flexibility index (Phi) is 4.27. The van der Waals surface area contributed by atoms with Gasteiger partial charge in [-0.1, -0.05) is 22.5 Å². The van der Waals surface area contributed by atoms with Crippen LogP contribution in [0.1, 0.15) is 6.92 Å². The third-order valence-electron chi connectivity index (χ3n) is 0.772. The highest BCUT2D eigenvalue weighted by Gasteiger charge is 2.09. The van der Waals surface area contributed by atoms with E-state index in [4.69, 9.17) is 22.5 Å². The summed E-state index contributed by atoms with van der Waals surface area (Å²) in [5.41, 5.74) is 0.688. The predicted octanol–water partition coefficient (Wildman–Crippen LogP) is 4.47. The van der Waals surface area contributed by atoms with E-state index in [-0.39, 0.29) is 0 Å². The Bertz CT molecular complexity index is 218. The fourth-order valence-electron chi connectivity index (χ4n) is 0.295. The van der Waals surface area contributed by atoms with Crippen molar-refractivity contribution >= 4 is 44.3 Å². The van der Waals surface area contributed by atoms with Gasteiger partial charge in [-0.3, -0.25) is 4.57 Å². The van der Waals surface area contributed by atoms with E-state index < -0.39 is 5.85 Å². The standard InChI is InChI=1S/C5H6BrCl2OP/c1-4(5(2)6)3-10(7,8)9/h3H,2H2,1H3/b4-3+. The van der Waals surface area contributed by atoms with Gasteiger partial charge in [0.05, 0.1) is 0 Å². The second-order valence-corrected chi connectivity index (χ2v) is 7.47. The Hall–Kier alpha value is 0.770. The van der Waals surface area contributed by atoms with Crippen LogP contribution in [0.2, 0.25) is 0 Å². The van der Waals surface area contributed by atoms with Gasteiger partial charge in [-0.2, -0.15) is 0 Å². The number of halogens is 3. The van der Waals surface area contributed by atoms with Crippen molar-refractivity contribution < 1.29 is 4.57 Å². The Morgan fingerprint density at radius 3 is 2.20 bits per heavy atom. The van der Waals surface area contributed by atoms with E-state index in [2.05, 4.69) is 22.5 Å². The minimum Gasteiger partial charge on any atom is -0.285 e. The van der Waals surface area contributed by atoms with Gasteiger partial charge in [0.25, 0.3) is 5.85 Å². The van der Waals surface area contributed by atoms with E-state index in [1.165, 1.54) is 5.82 Å². The highest BCUT2D eigenvalue weighted by atomic mass is 79.9. The normalized spacial score (nSPS) is 13.4. The largest absolute Gasteiger partial charge is 0.285 e. The van der Waals surface area contributed by atoms with Gasteiger partial charge in [-0.25, -0.2) is 0 Å². The zero-order valence-corrected chi connectivity index (χ0v) is 9.27. The van der Waals surface area contributed by atoms with Crippen molar-refractivity contribution in [2.75, 3.05) is 0 Å². The van der Waals surface area contributed by atoms with Crippen LogP contribution >= 0.6 is 44.3 Å². The Labute approximate surface area is 78.2 Å². The third kappa shape index (κ3) is 5.55. The molecule has 0 atom stereocenters. The second-order valence-electron chi connectivity index (χ2n) is 1.72. The van der Waals surface area contributed by atoms with Gasteiger partial charge in [-0.15, -0.1) is 0 Å². The molecule has 0 aliphatic heterocycles. The summed E-state index contributed by atoms with van der Waals surface area (Å²) in [7, 11) is 0. The first-order chi connectivity index (χ1) is 4.33. The van der Waals surface area contributed by atoms with E-state index in [0.717, 1.165) is 0 Å². The summed E-state index contributed by atoms with van der Waals surface area (Å²) in [5.74, 6) is -1.80. The summed E-state index contributed by atoms with van der Waals surface area (Å²) in [6.45, 7) is 5.27. The Morgan fingerprint density at radius 1 is 1.70 bits per heavy atom. The third-order valence-corrected chi connectivity index (χ3v) is 2.67. The lowest BCUT2D eigenvalue weighted by molar-refractivity contribution is 0.597. The van der Waals surface area contributed by atoms with Gasteiger partial charge in [0.1, 0.15) is 0 Å². The molecule has 0 spiro atoms. The summed E-state index contributed by atoms with van der Waals surface area (Å²) < 4.78 is 11.4. The smallest absolute Gasteiger partial charge is 0.275 e. The number of allylic oxidation sites excluding steroid dienone is 2. The molecule has 0 N–H and O–H groups in total. The van der Waals surface area contributed by atoms with Crippen LogP contribution in [0.5, 0.6) is 0 Å². The first-order valence-electron chi connectivity index (χ1n) is 2.36. The fraction of sp³-hybridized carbons (Fsp3) is 0.200. The van der Waals surface area contributed by atoms with E-state index in [0.29, 0.717) is 10.1 Å². The molecule has 0 aromatic carbocycles. The van der Waals surface area contributed by atoms with Gasteiger partial charge in [0.15, 0.2) is 0 Å². The van der Waals surface area contributed by atoms with Crippen LogP contribution in [0.25, 0.3) is 0 Å². The average Bonchev–Trinajstić information content (AvgIpc) is 1.60. The number of rotatable bonds is 2. The molecular weight excluding hydrogens is 258 g/mol. The molecule has 0 heterocycles. The van der Waals surface area contributed by atoms with Crippen LogP contribution in [0.15, 0.2) is 22.5 Å². The van der Waals surface area contributed by atoms with E-state index >= 15 is 0 Å². The summed E-state index contributed by atoms with van der Waals surface area (Å²) in [4.78, 5) is 0. The van der Waals surface area contributed by atoms with Crippen molar-refractivity contribution in [1.29, 1.82) is 0 Å². The van der Waals surface area contributed by atoms with Crippen LogP contribution in [-0.2, 0) is 4.57 Å². The second kappa shape index (κ2) is 3.96. The highest BCUT2D eigenvalue weighted by molar-refractivity contribution is 9.11. The monoisotopic (exact) mass is 262 g/mol. The first-order valence-corrected chi connectivity index (χ1v) is 6.74. The lowest BCUT2D eigenvalue weighted by Gasteiger charge is -1.96. The van der Waals surface area contributed by atoms with Crippen LogP contribution in [-0.4, -0.2) is 0 Å². The number of hydrogen-bond acceptors (Lipinski definition) is 1. The van der Waals surface area contributed by atoms with Gasteiger partial charge in [-0.05, 0) is 35.0 Å². The maximum atomic E-state index is 10.7. The quantitative estimate of drug-likeness (QED) is 0.531. The van der Waals surface area contributed by atoms with Crippen molar-refractivity contribution in [2.24, 2.45) is 0 Å². The van der Waals surface area contributed by atoms with Crippen molar-refractivity contribution in [3.05, 3.63) is 22.5 Å². The molecule has 0 radical (unpaired) electrons. The van der Waals surface area contributed by atoms with Gasteiger partial charge >= 0.3 is 0 Å². The molecule has 0 saturated heterocycles. The summed E-state index contributed by atoms with van der Waals surface area (Å²) in [6, 6.07) is 0. The molecule has 58 valence electrons. The minimum absolute atomic E-state index is 0.633. The highest BCUT2D eigenvalue weighted by Crippen LogP contribution is 2.59. The topological polar surface area (TPSA) is 17.1 Å². The van der Waals surface area contributed by atoms with Crippen LogP contribution in [0.3, 0.4) is 0 Å². The summed E-state index contributed by atoms with van der Waals surface area (Å²) in [6.07, 6.45) is 0. The van der Waals surface area contributed by atoms with Crippen molar-refractivity contribution in [1.82, 2.24) is 0 Å². The lowest BCUT2D eigenvalue weighted by atomic mass is 10.4. The zero-order chi connectivity index (χ0) is 8.36. The van der Waals surface area contributed by atoms with Gasteiger partial charge in [0, 0.05) is 10.3 Å². The summed E-state index contributed by atoms with van der Waals surface area (Å²) in [5, 5.41) is 0. The average molecular weight is 264 g/mol. The molecule has 0 saturated carbocycles. The molecule has 10 heavy (non-hydrogen) atoms. The van der Waals surface area contributed by atoms with Crippen LogP contribution < -0.4 is 0 Å². The molecule has 0 bridgehead atoms. The summed E-state index contributed by atoms with van der Waals surface area (Å²) >= 11 is 13.6. The van der Waals surface area contributed by atoms with Gasteiger partial charge < -0.3 is 0 Å². The van der Waals surface area contributed by atoms with E-state index in [9.17, 15) is 4.57 Å². The molecule has 0 aromatic heterocycles. The molecule has 1 nitrogen and oxygen atoms in total. The SMILES string of the molecule is C=C(Br)/C(C)=C/P(=O)(Cl)Cl. The molecule has 0 rings (SSSR count). The van der Waals surface area contributed by atoms with E-state index in [1.54, 1.807) is 6.92 Å².